The molecule has 0 aliphatic heterocycles. The molecule has 0 unspecified atom stereocenters. The highest BCUT2D eigenvalue weighted by Crippen LogP contribution is 2.29. The van der Waals surface area contributed by atoms with Crippen LogP contribution >= 0.6 is 0 Å². The lowest BCUT2D eigenvalue weighted by Gasteiger charge is -2.03. The van der Waals surface area contributed by atoms with E-state index in [4.69, 9.17) is 4.42 Å². The molecule has 0 radical (unpaired) electrons. The third-order valence-electron chi connectivity index (χ3n) is 3.48. The van der Waals surface area contributed by atoms with Gasteiger partial charge in [0.2, 0.25) is 5.78 Å². The number of pyridine rings is 1. The van der Waals surface area contributed by atoms with E-state index in [0.29, 0.717) is 11.3 Å². The molecule has 17 heavy (non-hydrogen) atoms. The summed E-state index contributed by atoms with van der Waals surface area (Å²) in [7, 11) is 0. The molecule has 1 fully saturated rings. The van der Waals surface area contributed by atoms with E-state index in [2.05, 4.69) is 4.98 Å². The molecular formula is C14H15NO2. The van der Waals surface area contributed by atoms with Crippen LogP contribution in [0.25, 0.3) is 11.1 Å². The van der Waals surface area contributed by atoms with Gasteiger partial charge in [0.1, 0.15) is 5.52 Å². The van der Waals surface area contributed by atoms with Gasteiger partial charge in [0.25, 0.3) is 0 Å². The van der Waals surface area contributed by atoms with Crippen molar-refractivity contribution in [3.05, 3.63) is 29.7 Å². The van der Waals surface area contributed by atoms with Gasteiger partial charge in [-0.05, 0) is 31.9 Å². The van der Waals surface area contributed by atoms with Gasteiger partial charge in [-0.15, -0.1) is 0 Å². The quantitative estimate of drug-likeness (QED) is 0.740. The molecule has 1 saturated carbocycles. The lowest BCUT2D eigenvalue weighted by Crippen LogP contribution is -2.09. The number of hydrogen-bond donors (Lipinski definition) is 0. The Labute approximate surface area is 99.8 Å². The van der Waals surface area contributed by atoms with Gasteiger partial charge in [-0.1, -0.05) is 12.8 Å². The number of carbonyl (C=O) groups is 1. The standard InChI is InChI=1S/C14H15NO2/c1-9-6-7-12-11(15-9)8-13(17-12)14(16)10-4-2-3-5-10/h6-8,10H,2-5H2,1H3. The number of fused-ring (bicyclic) bond motifs is 1. The summed E-state index contributed by atoms with van der Waals surface area (Å²) in [4.78, 5) is 16.5. The van der Waals surface area contributed by atoms with Crippen LogP contribution in [0.5, 0.6) is 0 Å². The Morgan fingerprint density at radius 3 is 2.88 bits per heavy atom. The fourth-order valence-electron chi connectivity index (χ4n) is 2.54. The monoisotopic (exact) mass is 229 g/mol. The summed E-state index contributed by atoms with van der Waals surface area (Å²) in [5, 5.41) is 0. The third-order valence-corrected chi connectivity index (χ3v) is 3.48. The molecule has 0 spiro atoms. The lowest BCUT2D eigenvalue weighted by atomic mass is 10.0. The van der Waals surface area contributed by atoms with E-state index in [9.17, 15) is 4.79 Å². The maximum absolute atomic E-state index is 12.2. The summed E-state index contributed by atoms with van der Waals surface area (Å²) in [5.41, 5.74) is 2.43. The zero-order chi connectivity index (χ0) is 11.8. The molecule has 3 nitrogen and oxygen atoms in total. The molecule has 3 heteroatoms. The first-order valence-corrected chi connectivity index (χ1v) is 6.15. The van der Waals surface area contributed by atoms with Crippen molar-refractivity contribution in [1.82, 2.24) is 4.98 Å². The summed E-state index contributed by atoms with van der Waals surface area (Å²) in [6.45, 7) is 1.94. The summed E-state index contributed by atoms with van der Waals surface area (Å²) in [6.07, 6.45) is 4.33. The zero-order valence-corrected chi connectivity index (χ0v) is 9.90. The number of furan rings is 1. The van der Waals surface area contributed by atoms with Gasteiger partial charge in [0, 0.05) is 17.7 Å². The van der Waals surface area contributed by atoms with Crippen LogP contribution < -0.4 is 0 Å². The van der Waals surface area contributed by atoms with Crippen molar-refractivity contribution < 1.29 is 9.21 Å². The Balaban J connectivity index is 1.97. The minimum absolute atomic E-state index is 0.151. The summed E-state index contributed by atoms with van der Waals surface area (Å²) in [6, 6.07) is 5.56. The van der Waals surface area contributed by atoms with Gasteiger partial charge in [-0.3, -0.25) is 4.79 Å². The molecule has 2 aromatic heterocycles. The van der Waals surface area contributed by atoms with Gasteiger partial charge in [0.05, 0.1) is 0 Å². The second-order valence-corrected chi connectivity index (χ2v) is 4.79. The molecule has 1 aliphatic carbocycles. The number of rotatable bonds is 2. The van der Waals surface area contributed by atoms with Gasteiger partial charge >= 0.3 is 0 Å². The van der Waals surface area contributed by atoms with Crippen LogP contribution in [0, 0.1) is 12.8 Å². The maximum Gasteiger partial charge on any atom is 0.201 e. The van der Waals surface area contributed by atoms with Crippen LogP contribution in [0.2, 0.25) is 0 Å². The molecule has 0 N–H and O–H groups in total. The van der Waals surface area contributed by atoms with Crippen molar-refractivity contribution in [1.29, 1.82) is 0 Å². The second-order valence-electron chi connectivity index (χ2n) is 4.79. The van der Waals surface area contributed by atoms with Crippen LogP contribution in [-0.4, -0.2) is 10.8 Å². The van der Waals surface area contributed by atoms with E-state index in [1.165, 1.54) is 0 Å². The SMILES string of the molecule is Cc1ccc2oc(C(=O)C3CCCC3)cc2n1. The normalized spacial score (nSPS) is 16.8. The molecule has 2 heterocycles. The van der Waals surface area contributed by atoms with Crippen molar-refractivity contribution in [2.24, 2.45) is 5.92 Å². The van der Waals surface area contributed by atoms with Gasteiger partial charge < -0.3 is 4.42 Å². The van der Waals surface area contributed by atoms with E-state index in [1.54, 1.807) is 6.07 Å². The Hall–Kier alpha value is -1.64. The molecule has 88 valence electrons. The Bertz CT molecular complexity index is 565. The first-order valence-electron chi connectivity index (χ1n) is 6.15. The lowest BCUT2D eigenvalue weighted by molar-refractivity contribution is 0.0896. The van der Waals surface area contributed by atoms with Crippen molar-refractivity contribution in [2.45, 2.75) is 32.6 Å². The molecule has 3 rings (SSSR count). The molecule has 2 aromatic rings. The van der Waals surface area contributed by atoms with Crippen LogP contribution in [0.4, 0.5) is 0 Å². The number of hydrogen-bond acceptors (Lipinski definition) is 3. The van der Waals surface area contributed by atoms with E-state index in [0.717, 1.165) is 36.9 Å². The first kappa shape index (κ1) is 10.5. The number of nitrogens with zero attached hydrogens (tertiary/aromatic N) is 1. The Morgan fingerprint density at radius 1 is 1.35 bits per heavy atom. The van der Waals surface area contributed by atoms with E-state index >= 15 is 0 Å². The van der Waals surface area contributed by atoms with Gasteiger partial charge in [-0.25, -0.2) is 4.98 Å². The average molecular weight is 229 g/mol. The summed E-state index contributed by atoms with van der Waals surface area (Å²) < 4.78 is 5.59. The predicted octanol–water partition coefficient (Wildman–Crippen LogP) is 3.51. The largest absolute Gasteiger partial charge is 0.451 e. The highest BCUT2D eigenvalue weighted by atomic mass is 16.3. The van der Waals surface area contributed by atoms with E-state index in [-0.39, 0.29) is 11.7 Å². The number of aromatic nitrogens is 1. The molecular weight excluding hydrogens is 214 g/mol. The average Bonchev–Trinajstić information content (AvgIpc) is 2.96. The van der Waals surface area contributed by atoms with E-state index < -0.39 is 0 Å². The van der Waals surface area contributed by atoms with Gasteiger partial charge in [-0.2, -0.15) is 0 Å². The summed E-state index contributed by atoms with van der Waals surface area (Å²) in [5.74, 6) is 0.791. The molecule has 0 aromatic carbocycles. The molecule has 0 bridgehead atoms. The number of aryl methyl sites for hydroxylation is 1. The second kappa shape index (κ2) is 3.99. The van der Waals surface area contributed by atoms with Crippen molar-refractivity contribution >= 4 is 16.9 Å². The first-order chi connectivity index (χ1) is 8.24. The number of carbonyl (C=O) groups excluding carboxylic acids is 1. The Morgan fingerprint density at radius 2 is 2.12 bits per heavy atom. The fourth-order valence-corrected chi connectivity index (χ4v) is 2.54. The molecule has 0 amide bonds. The predicted molar refractivity (Wildman–Crippen MR) is 65.0 cm³/mol. The third kappa shape index (κ3) is 1.86. The highest BCUT2D eigenvalue weighted by molar-refractivity contribution is 5.98. The highest BCUT2D eigenvalue weighted by Gasteiger charge is 2.26. The van der Waals surface area contributed by atoms with Crippen molar-refractivity contribution in [3.63, 3.8) is 0 Å². The van der Waals surface area contributed by atoms with Crippen molar-refractivity contribution in [2.75, 3.05) is 0 Å². The van der Waals surface area contributed by atoms with Crippen molar-refractivity contribution in [3.8, 4) is 0 Å². The van der Waals surface area contributed by atoms with Crippen LogP contribution in [0.1, 0.15) is 41.9 Å². The van der Waals surface area contributed by atoms with Crippen LogP contribution in [0.15, 0.2) is 22.6 Å². The maximum atomic E-state index is 12.2. The molecule has 1 aliphatic rings. The molecule has 0 saturated heterocycles. The summed E-state index contributed by atoms with van der Waals surface area (Å²) >= 11 is 0. The van der Waals surface area contributed by atoms with Crippen LogP contribution in [0.3, 0.4) is 0 Å². The zero-order valence-electron chi connectivity index (χ0n) is 9.90. The minimum atomic E-state index is 0.151. The fraction of sp³-hybridized carbons (Fsp3) is 0.429. The number of ketones is 1. The topological polar surface area (TPSA) is 43.1 Å². The smallest absolute Gasteiger partial charge is 0.201 e. The van der Waals surface area contributed by atoms with Crippen LogP contribution in [-0.2, 0) is 0 Å². The number of Topliss-reactive ketones (excluding diaryl/α,β-unsaturated/α-hetero) is 1. The van der Waals surface area contributed by atoms with E-state index in [1.807, 2.05) is 19.1 Å². The van der Waals surface area contributed by atoms with Gasteiger partial charge in [0.15, 0.2) is 11.3 Å². The Kier molecular flexibility index (Phi) is 2.46. The molecule has 0 atom stereocenters. The minimum Gasteiger partial charge on any atom is -0.451 e.